The summed E-state index contributed by atoms with van der Waals surface area (Å²) < 4.78 is 17.3. The first-order valence-electron chi connectivity index (χ1n) is 15.6. The van der Waals surface area contributed by atoms with Crippen molar-refractivity contribution >= 4 is 34.6 Å². The number of piperidine rings is 1. The number of hydrogen-bond donors (Lipinski definition) is 1. The summed E-state index contributed by atoms with van der Waals surface area (Å²) in [4.78, 5) is 36.2. The molecule has 1 N–H and O–H groups in total. The van der Waals surface area contributed by atoms with E-state index in [1.54, 1.807) is 6.20 Å². The van der Waals surface area contributed by atoms with E-state index in [0.29, 0.717) is 43.8 Å². The molecule has 0 aromatic carbocycles. The summed E-state index contributed by atoms with van der Waals surface area (Å²) in [7, 11) is 0. The van der Waals surface area contributed by atoms with Crippen LogP contribution in [0.15, 0.2) is 86.5 Å². The number of halogens is 1. The zero-order valence-electron chi connectivity index (χ0n) is 25.7. The number of carbonyl (C=O) groups is 1. The lowest BCUT2D eigenvalue weighted by Gasteiger charge is -2.33. The first-order chi connectivity index (χ1) is 21.4. The number of allylic oxidation sites excluding steroid dienone is 10. The smallest absolute Gasteiger partial charge is 0.201 e. The highest BCUT2D eigenvalue weighted by molar-refractivity contribution is 5.97. The average molecular weight is 598 g/mol. The number of oxime groups is 1. The molecule has 2 aromatic heterocycles. The Kier molecular flexibility index (Phi) is 9.82. The Morgan fingerprint density at radius 3 is 2.80 bits per heavy atom. The summed E-state index contributed by atoms with van der Waals surface area (Å²) in [5, 5.41) is 13.3. The molecule has 3 heterocycles. The van der Waals surface area contributed by atoms with Gasteiger partial charge in [0.15, 0.2) is 17.4 Å². The van der Waals surface area contributed by atoms with Gasteiger partial charge in [-0.15, -0.1) is 0 Å². The number of rotatable bonds is 7. The molecule has 1 saturated heterocycles. The maximum Gasteiger partial charge on any atom is 0.201 e. The van der Waals surface area contributed by atoms with Crippen molar-refractivity contribution in [1.29, 1.82) is 0 Å². The van der Waals surface area contributed by atoms with Crippen LogP contribution in [-0.2, 0) is 0 Å². The number of Topliss-reactive ketones (excluding diaryl/α,β-unsaturated/α-hetero) is 1. The number of anilines is 1. The number of fused-ring (bicyclic) bond motifs is 2. The molecule has 0 radical (unpaired) electrons. The predicted octanol–water partition coefficient (Wildman–Crippen LogP) is 6.92. The quantitative estimate of drug-likeness (QED) is 0.162. The van der Waals surface area contributed by atoms with Gasteiger partial charge in [0.05, 0.1) is 16.7 Å². The third-order valence-electron chi connectivity index (χ3n) is 8.35. The fourth-order valence-electron chi connectivity index (χ4n) is 5.88. The van der Waals surface area contributed by atoms with Crippen molar-refractivity contribution in [2.75, 3.05) is 24.5 Å². The first kappa shape index (κ1) is 31.0. The van der Waals surface area contributed by atoms with Crippen LogP contribution in [0, 0.1) is 11.7 Å². The molecule has 9 heteroatoms. The van der Waals surface area contributed by atoms with E-state index >= 15 is 4.39 Å². The summed E-state index contributed by atoms with van der Waals surface area (Å²) in [6.45, 7) is 6.55. The van der Waals surface area contributed by atoms with E-state index in [1.165, 1.54) is 29.7 Å². The van der Waals surface area contributed by atoms with E-state index in [9.17, 15) is 14.8 Å². The van der Waals surface area contributed by atoms with Gasteiger partial charge in [-0.1, -0.05) is 67.1 Å². The Hall–Kier alpha value is -4.40. The standard InChI is InChI=1S/C33H34FN5O3.C2H6/c1-21(40)28-20-39(26-10-11-26)32-27(31(28)41)17-29(34)33(36-32)38-15-13-30(37-42)25(19-38)18-35-14-12-22-6-5-9-23-7-3-2-4-8-24(23)16-22;1-2/h2-3,5-9,14,17,20,25-26,42H,4,10-13,15-16,18-19H2,1H3;1-2H3/b35-14?,37-30+;. The van der Waals surface area contributed by atoms with Gasteiger partial charge in [0.25, 0.3) is 0 Å². The summed E-state index contributed by atoms with van der Waals surface area (Å²) in [6, 6.07) is 1.36. The Morgan fingerprint density at radius 2 is 2.05 bits per heavy atom. The van der Waals surface area contributed by atoms with Crippen LogP contribution in [0.2, 0.25) is 0 Å². The predicted molar refractivity (Wildman–Crippen MR) is 175 cm³/mol. The van der Waals surface area contributed by atoms with Gasteiger partial charge in [0.1, 0.15) is 5.65 Å². The minimum absolute atomic E-state index is 0.0542. The van der Waals surface area contributed by atoms with E-state index in [0.717, 1.165) is 25.7 Å². The highest BCUT2D eigenvalue weighted by Crippen LogP contribution is 2.37. The summed E-state index contributed by atoms with van der Waals surface area (Å²) in [5.74, 6) is -1.01. The second-order valence-corrected chi connectivity index (χ2v) is 11.3. The number of pyridine rings is 2. The fourth-order valence-corrected chi connectivity index (χ4v) is 5.88. The molecule has 2 fully saturated rings. The SMILES string of the molecule is CC.CC(=O)c1cn(C2CC2)c2nc(N3CC/C(=N\O)C(CN=CCC4=CC=CC5=CC=CCC=C5C4)C3)c(F)cc2c1=O. The second kappa shape index (κ2) is 13.9. The first-order valence-corrected chi connectivity index (χ1v) is 15.6. The second-order valence-electron chi connectivity index (χ2n) is 11.3. The van der Waals surface area contributed by atoms with Gasteiger partial charge in [-0.2, -0.15) is 0 Å². The summed E-state index contributed by atoms with van der Waals surface area (Å²) in [5.41, 5.74) is 4.41. The molecule has 2 aromatic rings. The van der Waals surface area contributed by atoms with Crippen molar-refractivity contribution in [2.45, 2.75) is 65.3 Å². The van der Waals surface area contributed by atoms with Crippen molar-refractivity contribution < 1.29 is 14.4 Å². The number of nitrogens with zero attached hydrogens (tertiary/aromatic N) is 5. The van der Waals surface area contributed by atoms with E-state index in [2.05, 4.69) is 57.7 Å². The maximum absolute atomic E-state index is 15.5. The van der Waals surface area contributed by atoms with Gasteiger partial charge in [-0.05, 0) is 49.8 Å². The van der Waals surface area contributed by atoms with Gasteiger partial charge in [0.2, 0.25) is 5.43 Å². The number of carbonyl (C=O) groups excluding carboxylic acids is 1. The fraction of sp³-hybridized carbons (Fsp3) is 0.400. The molecule has 4 aliphatic rings. The van der Waals surface area contributed by atoms with Crippen LogP contribution in [-0.4, -0.2) is 52.1 Å². The number of ketones is 1. The average Bonchev–Trinajstić information content (AvgIpc) is 3.89. The highest BCUT2D eigenvalue weighted by Gasteiger charge is 2.31. The van der Waals surface area contributed by atoms with Gasteiger partial charge >= 0.3 is 0 Å². The topological polar surface area (TPSA) is 100 Å². The van der Waals surface area contributed by atoms with Crippen LogP contribution in [0.3, 0.4) is 0 Å². The molecule has 1 unspecified atom stereocenters. The summed E-state index contributed by atoms with van der Waals surface area (Å²) in [6.07, 6.45) is 23.3. The molecule has 8 nitrogen and oxygen atoms in total. The van der Waals surface area contributed by atoms with Gasteiger partial charge in [0, 0.05) is 56.8 Å². The van der Waals surface area contributed by atoms with E-state index in [1.807, 2.05) is 29.5 Å². The molecule has 0 spiro atoms. The van der Waals surface area contributed by atoms with Crippen molar-refractivity contribution in [3.63, 3.8) is 0 Å². The minimum atomic E-state index is -0.612. The molecule has 44 heavy (non-hydrogen) atoms. The Labute approximate surface area is 257 Å². The van der Waals surface area contributed by atoms with Crippen LogP contribution >= 0.6 is 0 Å². The lowest BCUT2D eigenvalue weighted by Crippen LogP contribution is -2.43. The summed E-state index contributed by atoms with van der Waals surface area (Å²) >= 11 is 0. The molecule has 1 atom stereocenters. The van der Waals surface area contributed by atoms with Crippen molar-refractivity contribution in [3.8, 4) is 0 Å². The van der Waals surface area contributed by atoms with Crippen molar-refractivity contribution in [3.05, 3.63) is 93.1 Å². The molecule has 0 bridgehead atoms. The van der Waals surface area contributed by atoms with E-state index in [-0.39, 0.29) is 34.5 Å². The van der Waals surface area contributed by atoms with Crippen LogP contribution in [0.1, 0.15) is 75.7 Å². The number of hydrogen-bond acceptors (Lipinski definition) is 7. The normalized spacial score (nSPS) is 20.8. The maximum atomic E-state index is 15.5. The number of aliphatic imine (C=N–C) groups is 1. The molecular weight excluding hydrogens is 557 g/mol. The molecule has 1 aliphatic heterocycles. The van der Waals surface area contributed by atoms with E-state index in [4.69, 9.17) is 0 Å². The third kappa shape index (κ3) is 6.72. The van der Waals surface area contributed by atoms with Crippen molar-refractivity contribution in [1.82, 2.24) is 9.55 Å². The van der Waals surface area contributed by atoms with Gasteiger partial charge < -0.3 is 14.7 Å². The van der Waals surface area contributed by atoms with Crippen LogP contribution in [0.25, 0.3) is 11.0 Å². The Morgan fingerprint density at radius 1 is 1.23 bits per heavy atom. The monoisotopic (exact) mass is 597 g/mol. The van der Waals surface area contributed by atoms with Gasteiger partial charge in [-0.25, -0.2) is 9.37 Å². The van der Waals surface area contributed by atoms with Crippen LogP contribution in [0.4, 0.5) is 10.2 Å². The molecule has 1 saturated carbocycles. The lowest BCUT2D eigenvalue weighted by atomic mass is 9.95. The molecule has 3 aliphatic carbocycles. The van der Waals surface area contributed by atoms with Crippen LogP contribution in [0.5, 0.6) is 0 Å². The van der Waals surface area contributed by atoms with Crippen LogP contribution < -0.4 is 10.3 Å². The molecule has 6 rings (SSSR count). The molecule has 0 amide bonds. The Bertz CT molecular complexity index is 1700. The third-order valence-corrected chi connectivity index (χ3v) is 8.35. The van der Waals surface area contributed by atoms with Gasteiger partial charge in [-0.3, -0.25) is 14.6 Å². The highest BCUT2D eigenvalue weighted by atomic mass is 19.1. The van der Waals surface area contributed by atoms with E-state index < -0.39 is 11.2 Å². The number of aromatic nitrogens is 2. The lowest BCUT2D eigenvalue weighted by molar-refractivity contribution is 0.101. The minimum Gasteiger partial charge on any atom is -0.411 e. The Balaban J connectivity index is 0.00000188. The molecule has 230 valence electrons. The van der Waals surface area contributed by atoms with Crippen molar-refractivity contribution in [2.24, 2.45) is 16.1 Å². The largest absolute Gasteiger partial charge is 0.411 e. The molecular formula is C35H40FN5O3. The zero-order valence-corrected chi connectivity index (χ0v) is 25.7. The zero-order chi connectivity index (χ0) is 31.2.